The first-order valence-electron chi connectivity index (χ1n) is 3.98. The fourth-order valence-electron chi connectivity index (χ4n) is 0.470. The van der Waals surface area contributed by atoms with Gasteiger partial charge in [0, 0.05) is 0 Å². The summed E-state index contributed by atoms with van der Waals surface area (Å²) in [7, 11) is 0. The Morgan fingerprint density at radius 1 is 1.17 bits per heavy atom. The molecule has 0 unspecified atom stereocenters. The minimum absolute atomic E-state index is 0.196. The molecule has 0 aromatic rings. The van der Waals surface area contributed by atoms with Crippen LogP contribution in [0.15, 0.2) is 0 Å². The molecule has 0 saturated carbocycles. The molecule has 0 fully saturated rings. The van der Waals surface area contributed by atoms with Gasteiger partial charge in [-0.3, -0.25) is 0 Å². The average Bonchev–Trinajstić information content (AvgIpc) is 1.84. The van der Waals surface area contributed by atoms with Crippen LogP contribution in [-0.4, -0.2) is 29.6 Å². The highest BCUT2D eigenvalue weighted by Gasteiger charge is 2.15. The summed E-state index contributed by atoms with van der Waals surface area (Å²) in [5.74, 6) is 0. The zero-order valence-electron chi connectivity index (χ0n) is 7.90. The Bertz CT molecular complexity index is 142. The predicted octanol–water partition coefficient (Wildman–Crippen LogP) is 1.32. The molecule has 0 saturated heterocycles. The molecular weight excluding hydrogens is 160 g/mol. The Morgan fingerprint density at radius 2 is 1.67 bits per heavy atom. The molecule has 0 radical (unpaired) electrons. The lowest BCUT2D eigenvalue weighted by Crippen LogP contribution is -2.27. The average molecular weight is 176 g/mol. The summed E-state index contributed by atoms with van der Waals surface area (Å²) >= 11 is 0. The van der Waals surface area contributed by atoms with Crippen molar-refractivity contribution in [1.29, 1.82) is 0 Å². The van der Waals surface area contributed by atoms with Gasteiger partial charge in [-0.1, -0.05) is 0 Å². The largest absolute Gasteiger partial charge is 0.508 e. The van der Waals surface area contributed by atoms with Crippen molar-refractivity contribution in [3.05, 3.63) is 0 Å². The maximum atomic E-state index is 10.8. The zero-order valence-corrected chi connectivity index (χ0v) is 7.90. The lowest BCUT2D eigenvalue weighted by molar-refractivity contribution is -0.0273. The fourth-order valence-corrected chi connectivity index (χ4v) is 0.470. The Kier molecular flexibility index (Phi) is 4.66. The summed E-state index contributed by atoms with van der Waals surface area (Å²) < 4.78 is 9.41. The smallest absolute Gasteiger partial charge is 0.432 e. The molecule has 0 bridgehead atoms. The van der Waals surface area contributed by atoms with Gasteiger partial charge in [0.2, 0.25) is 0 Å². The van der Waals surface area contributed by atoms with Crippen LogP contribution in [0.5, 0.6) is 0 Å². The lowest BCUT2D eigenvalue weighted by atomic mass is 10.3. The van der Waals surface area contributed by atoms with Crippen molar-refractivity contribution in [2.45, 2.75) is 46.0 Å². The molecule has 72 valence electrons. The van der Waals surface area contributed by atoms with Crippen LogP contribution in [0.2, 0.25) is 0 Å². The van der Waals surface area contributed by atoms with Crippen molar-refractivity contribution in [2.24, 2.45) is 0 Å². The predicted molar refractivity (Wildman–Crippen MR) is 43.8 cm³/mol. The van der Waals surface area contributed by atoms with Crippen molar-refractivity contribution in [1.82, 2.24) is 0 Å². The van der Waals surface area contributed by atoms with Gasteiger partial charge in [0.1, 0.15) is 6.10 Å². The van der Waals surface area contributed by atoms with E-state index >= 15 is 0 Å². The molecule has 2 atom stereocenters. The van der Waals surface area contributed by atoms with Gasteiger partial charge < -0.3 is 14.6 Å². The van der Waals surface area contributed by atoms with Gasteiger partial charge in [-0.2, -0.15) is 0 Å². The normalized spacial score (nSPS) is 15.5. The molecule has 0 amide bonds. The molecule has 0 heterocycles. The third-order valence-electron chi connectivity index (χ3n) is 1.29. The van der Waals surface area contributed by atoms with Gasteiger partial charge in [-0.05, 0) is 27.7 Å². The molecular formula is C8H16O4. The highest BCUT2D eigenvalue weighted by Crippen LogP contribution is 2.01. The van der Waals surface area contributed by atoms with Gasteiger partial charge in [0.05, 0.1) is 12.2 Å². The summed E-state index contributed by atoms with van der Waals surface area (Å²) in [4.78, 5) is 10.8. The molecule has 0 aliphatic heterocycles. The van der Waals surface area contributed by atoms with E-state index in [1.165, 1.54) is 0 Å². The highest BCUT2D eigenvalue weighted by molar-refractivity contribution is 5.60. The molecule has 0 rings (SSSR count). The first-order valence-corrected chi connectivity index (χ1v) is 3.98. The first-order chi connectivity index (χ1) is 5.43. The number of aliphatic hydroxyl groups is 1. The number of carbonyl (C=O) groups is 1. The third kappa shape index (κ3) is 4.96. The van der Waals surface area contributed by atoms with Gasteiger partial charge >= 0.3 is 6.16 Å². The second kappa shape index (κ2) is 4.98. The Morgan fingerprint density at radius 3 is 2.00 bits per heavy atom. The standard InChI is InChI=1S/C8H16O4/c1-5(2)11-8(10)12-7(4)6(3)9/h5-7,9H,1-4H3/t6-,7-/m1/s1. The van der Waals surface area contributed by atoms with E-state index < -0.39 is 18.4 Å². The first kappa shape index (κ1) is 11.2. The van der Waals surface area contributed by atoms with Gasteiger partial charge in [-0.25, -0.2) is 4.79 Å². The molecule has 0 aromatic carbocycles. The number of rotatable bonds is 3. The van der Waals surface area contributed by atoms with E-state index in [1.807, 2.05) is 0 Å². The Balaban J connectivity index is 3.69. The summed E-state index contributed by atoms with van der Waals surface area (Å²) in [6.07, 6.45) is -2.14. The van der Waals surface area contributed by atoms with Crippen LogP contribution in [-0.2, 0) is 9.47 Å². The quantitative estimate of drug-likeness (QED) is 0.659. The van der Waals surface area contributed by atoms with Gasteiger partial charge in [-0.15, -0.1) is 0 Å². The number of ether oxygens (including phenoxy) is 2. The van der Waals surface area contributed by atoms with Crippen molar-refractivity contribution in [3.8, 4) is 0 Å². The van der Waals surface area contributed by atoms with Crippen LogP contribution in [0.4, 0.5) is 4.79 Å². The van der Waals surface area contributed by atoms with E-state index in [1.54, 1.807) is 27.7 Å². The van der Waals surface area contributed by atoms with Crippen molar-refractivity contribution in [2.75, 3.05) is 0 Å². The monoisotopic (exact) mass is 176 g/mol. The van der Waals surface area contributed by atoms with E-state index in [-0.39, 0.29) is 6.10 Å². The summed E-state index contributed by atoms with van der Waals surface area (Å²) in [5.41, 5.74) is 0. The second-order valence-corrected chi connectivity index (χ2v) is 2.98. The van der Waals surface area contributed by atoms with E-state index in [4.69, 9.17) is 14.6 Å². The summed E-state index contributed by atoms with van der Waals surface area (Å²) in [6.45, 7) is 6.61. The van der Waals surface area contributed by atoms with Crippen LogP contribution >= 0.6 is 0 Å². The molecule has 1 N–H and O–H groups in total. The van der Waals surface area contributed by atoms with E-state index in [0.717, 1.165) is 0 Å². The van der Waals surface area contributed by atoms with E-state index in [9.17, 15) is 4.79 Å². The van der Waals surface area contributed by atoms with Gasteiger partial charge in [0.25, 0.3) is 0 Å². The van der Waals surface area contributed by atoms with E-state index in [0.29, 0.717) is 0 Å². The Labute approximate surface area is 72.5 Å². The molecule has 12 heavy (non-hydrogen) atoms. The number of hydrogen-bond donors (Lipinski definition) is 1. The maximum Gasteiger partial charge on any atom is 0.508 e. The second-order valence-electron chi connectivity index (χ2n) is 2.98. The molecule has 0 aliphatic carbocycles. The fraction of sp³-hybridized carbons (Fsp3) is 0.875. The highest BCUT2D eigenvalue weighted by atomic mass is 16.7. The van der Waals surface area contributed by atoms with Crippen molar-refractivity contribution >= 4 is 6.16 Å². The molecule has 0 aliphatic rings. The molecule has 4 heteroatoms. The number of hydrogen-bond acceptors (Lipinski definition) is 4. The molecule has 4 nitrogen and oxygen atoms in total. The van der Waals surface area contributed by atoms with Crippen LogP contribution in [0, 0.1) is 0 Å². The van der Waals surface area contributed by atoms with Crippen molar-refractivity contribution < 1.29 is 19.4 Å². The SMILES string of the molecule is CC(C)OC(=O)O[C@H](C)[C@@H](C)O. The molecule has 0 aromatic heterocycles. The minimum atomic E-state index is -0.738. The van der Waals surface area contributed by atoms with Crippen LogP contribution < -0.4 is 0 Å². The van der Waals surface area contributed by atoms with Crippen molar-refractivity contribution in [3.63, 3.8) is 0 Å². The van der Waals surface area contributed by atoms with Crippen LogP contribution in [0.1, 0.15) is 27.7 Å². The minimum Gasteiger partial charge on any atom is -0.432 e. The van der Waals surface area contributed by atoms with Crippen LogP contribution in [0.3, 0.4) is 0 Å². The summed E-state index contributed by atoms with van der Waals surface area (Å²) in [6, 6.07) is 0. The third-order valence-corrected chi connectivity index (χ3v) is 1.29. The maximum absolute atomic E-state index is 10.8. The van der Waals surface area contributed by atoms with Gasteiger partial charge in [0.15, 0.2) is 0 Å². The topological polar surface area (TPSA) is 55.8 Å². The lowest BCUT2D eigenvalue weighted by Gasteiger charge is -2.16. The Hall–Kier alpha value is -0.770. The zero-order chi connectivity index (χ0) is 9.72. The van der Waals surface area contributed by atoms with Crippen LogP contribution in [0.25, 0.3) is 0 Å². The number of aliphatic hydroxyl groups excluding tert-OH is 1. The summed E-state index contributed by atoms with van der Waals surface area (Å²) in [5, 5.41) is 8.97. The molecule has 0 spiro atoms. The van der Waals surface area contributed by atoms with E-state index in [2.05, 4.69) is 0 Å². The number of carbonyl (C=O) groups excluding carboxylic acids is 1.